The molecule has 3 heteroatoms. The third kappa shape index (κ3) is 2.23. The maximum Gasteiger partial charge on any atom is 0.0487 e. The van der Waals surface area contributed by atoms with E-state index in [1.807, 2.05) is 0 Å². The highest BCUT2D eigenvalue weighted by atomic mass is 79.9. The summed E-state index contributed by atoms with van der Waals surface area (Å²) in [5, 5.41) is 0. The SMILES string of the molecule is CCc1cc(Br)ccc1-n1c(C)cc2c1CCCC2N. The molecule has 0 saturated heterocycles. The van der Waals surface area contributed by atoms with Crippen LogP contribution < -0.4 is 5.73 Å². The highest BCUT2D eigenvalue weighted by Gasteiger charge is 2.23. The van der Waals surface area contributed by atoms with Gasteiger partial charge in [0.15, 0.2) is 0 Å². The van der Waals surface area contributed by atoms with Crippen LogP contribution in [0.2, 0.25) is 0 Å². The number of nitrogens with two attached hydrogens (primary N) is 1. The zero-order valence-corrected chi connectivity index (χ0v) is 13.7. The quantitative estimate of drug-likeness (QED) is 0.865. The van der Waals surface area contributed by atoms with Crippen molar-refractivity contribution in [2.45, 2.75) is 45.6 Å². The molecule has 20 heavy (non-hydrogen) atoms. The van der Waals surface area contributed by atoms with Gasteiger partial charge in [0.25, 0.3) is 0 Å². The summed E-state index contributed by atoms with van der Waals surface area (Å²) in [5.74, 6) is 0. The van der Waals surface area contributed by atoms with Gasteiger partial charge in [-0.15, -0.1) is 0 Å². The first-order chi connectivity index (χ1) is 9.61. The van der Waals surface area contributed by atoms with E-state index in [0.717, 1.165) is 23.7 Å². The monoisotopic (exact) mass is 332 g/mol. The molecule has 0 aliphatic heterocycles. The summed E-state index contributed by atoms with van der Waals surface area (Å²) in [7, 11) is 0. The average Bonchev–Trinajstić information content (AvgIpc) is 2.77. The van der Waals surface area contributed by atoms with Gasteiger partial charge in [-0.1, -0.05) is 22.9 Å². The lowest BCUT2D eigenvalue weighted by Gasteiger charge is -2.22. The van der Waals surface area contributed by atoms with Crippen LogP contribution in [0.25, 0.3) is 5.69 Å². The number of fused-ring (bicyclic) bond motifs is 1. The molecule has 3 rings (SSSR count). The Kier molecular flexibility index (Phi) is 3.74. The maximum absolute atomic E-state index is 6.28. The first-order valence-electron chi connectivity index (χ1n) is 7.37. The Hall–Kier alpha value is -1.06. The van der Waals surface area contributed by atoms with E-state index < -0.39 is 0 Å². The molecule has 0 fully saturated rings. The van der Waals surface area contributed by atoms with Crippen LogP contribution in [0.15, 0.2) is 28.7 Å². The molecule has 2 N–H and O–H groups in total. The molecule has 1 aliphatic rings. The van der Waals surface area contributed by atoms with Gasteiger partial charge in [0.2, 0.25) is 0 Å². The van der Waals surface area contributed by atoms with Gasteiger partial charge in [0.05, 0.1) is 0 Å². The maximum atomic E-state index is 6.28. The highest BCUT2D eigenvalue weighted by molar-refractivity contribution is 9.10. The second-order valence-electron chi connectivity index (χ2n) is 5.65. The largest absolute Gasteiger partial charge is 0.324 e. The molecular weight excluding hydrogens is 312 g/mol. The number of aromatic nitrogens is 1. The average molecular weight is 333 g/mol. The topological polar surface area (TPSA) is 30.9 Å². The fourth-order valence-corrected chi connectivity index (χ4v) is 3.74. The molecule has 1 aliphatic carbocycles. The number of rotatable bonds is 2. The third-order valence-corrected chi connectivity index (χ3v) is 4.81. The molecule has 1 atom stereocenters. The number of hydrogen-bond donors (Lipinski definition) is 1. The second-order valence-corrected chi connectivity index (χ2v) is 6.56. The van der Waals surface area contributed by atoms with E-state index in [0.29, 0.717) is 0 Å². The Morgan fingerprint density at radius 1 is 1.35 bits per heavy atom. The van der Waals surface area contributed by atoms with Crippen LogP contribution in [0.4, 0.5) is 0 Å². The first kappa shape index (κ1) is 13.9. The number of hydrogen-bond acceptors (Lipinski definition) is 1. The molecule has 0 saturated carbocycles. The molecule has 0 bridgehead atoms. The number of halogens is 1. The Morgan fingerprint density at radius 3 is 2.90 bits per heavy atom. The molecule has 0 spiro atoms. The smallest absolute Gasteiger partial charge is 0.0487 e. The fraction of sp³-hybridized carbons (Fsp3) is 0.412. The predicted octanol–water partition coefficient (Wildman–Crippen LogP) is 4.45. The van der Waals surface area contributed by atoms with Crippen LogP contribution >= 0.6 is 15.9 Å². The molecular formula is C17H21BrN2. The van der Waals surface area contributed by atoms with Crippen molar-refractivity contribution in [3.05, 3.63) is 51.3 Å². The van der Waals surface area contributed by atoms with Crippen molar-refractivity contribution in [1.29, 1.82) is 0 Å². The normalized spacial score (nSPS) is 18.1. The van der Waals surface area contributed by atoms with E-state index in [9.17, 15) is 0 Å². The van der Waals surface area contributed by atoms with Crippen molar-refractivity contribution in [3.8, 4) is 5.69 Å². The zero-order valence-electron chi connectivity index (χ0n) is 12.1. The Balaban J connectivity index is 2.20. The zero-order chi connectivity index (χ0) is 14.3. The molecule has 106 valence electrons. The van der Waals surface area contributed by atoms with Gasteiger partial charge in [-0.05, 0) is 68.0 Å². The Bertz CT molecular complexity index is 643. The predicted molar refractivity (Wildman–Crippen MR) is 87.5 cm³/mol. The molecule has 2 nitrogen and oxygen atoms in total. The summed E-state index contributed by atoms with van der Waals surface area (Å²) in [6, 6.07) is 9.06. The minimum Gasteiger partial charge on any atom is -0.324 e. The second kappa shape index (κ2) is 5.38. The van der Waals surface area contributed by atoms with Crippen molar-refractivity contribution in [3.63, 3.8) is 0 Å². The van der Waals surface area contributed by atoms with E-state index in [-0.39, 0.29) is 6.04 Å². The summed E-state index contributed by atoms with van der Waals surface area (Å²) >= 11 is 3.57. The van der Waals surface area contributed by atoms with Gasteiger partial charge < -0.3 is 10.3 Å². The number of aryl methyl sites for hydroxylation is 2. The van der Waals surface area contributed by atoms with E-state index in [1.54, 1.807) is 0 Å². The summed E-state index contributed by atoms with van der Waals surface area (Å²) in [6.07, 6.45) is 4.47. The lowest BCUT2D eigenvalue weighted by Crippen LogP contribution is -2.18. The van der Waals surface area contributed by atoms with Crippen molar-refractivity contribution >= 4 is 15.9 Å². The molecule has 1 aromatic heterocycles. The van der Waals surface area contributed by atoms with Gasteiger partial charge in [0.1, 0.15) is 0 Å². The number of benzene rings is 1. The van der Waals surface area contributed by atoms with Crippen LogP contribution in [-0.4, -0.2) is 4.57 Å². The Morgan fingerprint density at radius 2 is 2.15 bits per heavy atom. The lowest BCUT2D eigenvalue weighted by molar-refractivity contribution is 0.559. The molecule has 1 heterocycles. The summed E-state index contributed by atoms with van der Waals surface area (Å²) in [6.45, 7) is 4.40. The molecule has 1 unspecified atom stereocenters. The van der Waals surface area contributed by atoms with Crippen molar-refractivity contribution in [1.82, 2.24) is 4.57 Å². The lowest BCUT2D eigenvalue weighted by atomic mass is 9.93. The van der Waals surface area contributed by atoms with Crippen LogP contribution in [-0.2, 0) is 12.8 Å². The fourth-order valence-electron chi connectivity index (χ4n) is 3.33. The van der Waals surface area contributed by atoms with Gasteiger partial charge >= 0.3 is 0 Å². The van der Waals surface area contributed by atoms with Gasteiger partial charge in [-0.25, -0.2) is 0 Å². The van der Waals surface area contributed by atoms with Crippen LogP contribution in [0.5, 0.6) is 0 Å². The number of nitrogens with zero attached hydrogens (tertiary/aromatic N) is 1. The summed E-state index contributed by atoms with van der Waals surface area (Å²) in [4.78, 5) is 0. The molecule has 2 aromatic rings. The summed E-state index contributed by atoms with van der Waals surface area (Å²) in [5.41, 5.74) is 13.0. The first-order valence-corrected chi connectivity index (χ1v) is 8.16. The van der Waals surface area contributed by atoms with Crippen molar-refractivity contribution in [2.75, 3.05) is 0 Å². The van der Waals surface area contributed by atoms with E-state index in [2.05, 4.69) is 58.6 Å². The van der Waals surface area contributed by atoms with Crippen LogP contribution in [0.3, 0.4) is 0 Å². The van der Waals surface area contributed by atoms with Crippen LogP contribution in [0, 0.1) is 6.92 Å². The van der Waals surface area contributed by atoms with Crippen molar-refractivity contribution < 1.29 is 0 Å². The molecule has 0 amide bonds. The van der Waals surface area contributed by atoms with E-state index in [4.69, 9.17) is 5.73 Å². The van der Waals surface area contributed by atoms with Gasteiger partial charge in [-0.2, -0.15) is 0 Å². The van der Waals surface area contributed by atoms with Gasteiger partial charge in [-0.3, -0.25) is 0 Å². The van der Waals surface area contributed by atoms with Gasteiger partial charge in [0, 0.05) is 27.6 Å². The minimum absolute atomic E-state index is 0.208. The minimum atomic E-state index is 0.208. The third-order valence-electron chi connectivity index (χ3n) is 4.31. The molecule has 1 aromatic carbocycles. The van der Waals surface area contributed by atoms with E-state index >= 15 is 0 Å². The molecule has 0 radical (unpaired) electrons. The highest BCUT2D eigenvalue weighted by Crippen LogP contribution is 2.34. The standard InChI is InChI=1S/C17H21BrN2/c1-3-12-10-13(18)7-8-16(12)20-11(2)9-14-15(19)5-4-6-17(14)20/h7-10,15H,3-6,19H2,1-2H3. The van der Waals surface area contributed by atoms with Crippen molar-refractivity contribution in [2.24, 2.45) is 5.73 Å². The van der Waals surface area contributed by atoms with Crippen LogP contribution in [0.1, 0.15) is 48.3 Å². The van der Waals surface area contributed by atoms with E-state index in [1.165, 1.54) is 34.6 Å². The Labute approximate surface area is 129 Å². The summed E-state index contributed by atoms with van der Waals surface area (Å²) < 4.78 is 3.56.